The van der Waals surface area contributed by atoms with Crippen LogP contribution in [0.1, 0.15) is 23.2 Å². The number of likely N-dealkylation sites (N-methyl/N-ethyl adjacent to an activating group) is 1. The van der Waals surface area contributed by atoms with E-state index in [9.17, 15) is 9.59 Å². The van der Waals surface area contributed by atoms with Gasteiger partial charge in [-0.05, 0) is 37.1 Å². The molecule has 1 N–H and O–H groups in total. The Hall–Kier alpha value is -2.08. The van der Waals surface area contributed by atoms with Gasteiger partial charge in [-0.1, -0.05) is 0 Å². The summed E-state index contributed by atoms with van der Waals surface area (Å²) in [5.41, 5.74) is 1.66. The quantitative estimate of drug-likeness (QED) is 0.651. The van der Waals surface area contributed by atoms with E-state index in [1.54, 1.807) is 12.1 Å². The molecular formula is C18H28N3O3+. The standard InChI is InChI=1S/C18H27N3O3/c1-21(2,3)13-17(22)19-15-9-11-20(12-10-15)16-7-5-14(6-8-16)18(23)24-4/h5-8,15H,9-13H2,1-4H3/p+1. The molecule has 0 atom stereocenters. The van der Waals surface area contributed by atoms with Crippen molar-refractivity contribution in [3.05, 3.63) is 29.8 Å². The first-order valence-electron chi connectivity index (χ1n) is 8.31. The highest BCUT2D eigenvalue weighted by atomic mass is 16.5. The van der Waals surface area contributed by atoms with E-state index in [1.165, 1.54) is 7.11 Å². The van der Waals surface area contributed by atoms with Crippen LogP contribution in [0.25, 0.3) is 0 Å². The van der Waals surface area contributed by atoms with E-state index in [1.807, 2.05) is 33.3 Å². The summed E-state index contributed by atoms with van der Waals surface area (Å²) in [4.78, 5) is 25.8. The van der Waals surface area contributed by atoms with Gasteiger partial charge in [-0.25, -0.2) is 4.79 Å². The minimum absolute atomic E-state index is 0.114. The molecule has 1 aliphatic heterocycles. The third-order valence-corrected chi connectivity index (χ3v) is 4.13. The van der Waals surface area contributed by atoms with E-state index in [0.29, 0.717) is 16.6 Å². The van der Waals surface area contributed by atoms with Crippen molar-refractivity contribution in [2.45, 2.75) is 18.9 Å². The van der Waals surface area contributed by atoms with Gasteiger partial charge in [-0.2, -0.15) is 0 Å². The van der Waals surface area contributed by atoms with Crippen LogP contribution in [0.2, 0.25) is 0 Å². The van der Waals surface area contributed by atoms with Crippen LogP contribution in [-0.4, -0.2) is 70.3 Å². The number of hydrogen-bond donors (Lipinski definition) is 1. The Kier molecular flexibility index (Phi) is 5.83. The van der Waals surface area contributed by atoms with Crippen molar-refractivity contribution in [3.8, 4) is 0 Å². The van der Waals surface area contributed by atoms with Crippen molar-refractivity contribution >= 4 is 17.6 Å². The zero-order valence-electron chi connectivity index (χ0n) is 15.0. The molecule has 0 saturated carbocycles. The van der Waals surface area contributed by atoms with E-state index in [4.69, 9.17) is 4.74 Å². The normalized spacial score (nSPS) is 15.9. The van der Waals surface area contributed by atoms with Crippen LogP contribution in [0.15, 0.2) is 24.3 Å². The Balaban J connectivity index is 1.84. The predicted molar refractivity (Wildman–Crippen MR) is 94.1 cm³/mol. The molecule has 1 saturated heterocycles. The molecule has 24 heavy (non-hydrogen) atoms. The largest absolute Gasteiger partial charge is 0.465 e. The molecular weight excluding hydrogens is 306 g/mol. The molecule has 6 heteroatoms. The summed E-state index contributed by atoms with van der Waals surface area (Å²) in [5.74, 6) is -0.205. The van der Waals surface area contributed by atoms with Gasteiger partial charge < -0.3 is 19.4 Å². The van der Waals surface area contributed by atoms with Crippen LogP contribution in [-0.2, 0) is 9.53 Å². The molecule has 0 bridgehead atoms. The van der Waals surface area contributed by atoms with Gasteiger partial charge in [0.15, 0.2) is 6.54 Å². The Morgan fingerprint density at radius 3 is 2.25 bits per heavy atom. The summed E-state index contributed by atoms with van der Waals surface area (Å²) in [6.45, 7) is 2.29. The molecule has 1 aromatic rings. The summed E-state index contributed by atoms with van der Waals surface area (Å²) >= 11 is 0. The summed E-state index contributed by atoms with van der Waals surface area (Å²) in [5, 5.41) is 3.14. The van der Waals surface area contributed by atoms with Gasteiger partial charge in [0.25, 0.3) is 5.91 Å². The monoisotopic (exact) mass is 334 g/mol. The number of ether oxygens (including phenoxy) is 1. The number of nitrogens with one attached hydrogen (secondary N) is 1. The Morgan fingerprint density at radius 1 is 1.17 bits per heavy atom. The van der Waals surface area contributed by atoms with Gasteiger partial charge in [0.2, 0.25) is 0 Å². The summed E-state index contributed by atoms with van der Waals surface area (Å²) in [6.07, 6.45) is 1.86. The maximum absolute atomic E-state index is 12.0. The van der Waals surface area contributed by atoms with Crippen molar-refractivity contribution in [2.75, 3.05) is 52.8 Å². The SMILES string of the molecule is COC(=O)c1ccc(N2CCC(NC(=O)C[N+](C)(C)C)CC2)cc1. The number of benzene rings is 1. The average Bonchev–Trinajstić information content (AvgIpc) is 2.53. The third kappa shape index (κ3) is 5.23. The second-order valence-corrected chi connectivity index (χ2v) is 7.32. The lowest BCUT2D eigenvalue weighted by atomic mass is 10.0. The third-order valence-electron chi connectivity index (χ3n) is 4.13. The van der Waals surface area contributed by atoms with E-state index >= 15 is 0 Å². The minimum atomic E-state index is -0.319. The molecule has 132 valence electrons. The first kappa shape index (κ1) is 18.3. The van der Waals surface area contributed by atoms with Gasteiger partial charge in [-0.3, -0.25) is 4.79 Å². The van der Waals surface area contributed by atoms with Crippen LogP contribution in [0.5, 0.6) is 0 Å². The van der Waals surface area contributed by atoms with Crippen molar-refractivity contribution in [1.29, 1.82) is 0 Å². The lowest BCUT2D eigenvalue weighted by Crippen LogP contribution is -2.50. The number of amides is 1. The van der Waals surface area contributed by atoms with Gasteiger partial charge in [-0.15, -0.1) is 0 Å². The molecule has 2 rings (SSSR count). The zero-order chi connectivity index (χ0) is 17.7. The molecule has 1 aliphatic rings. The van der Waals surface area contributed by atoms with Crippen LogP contribution in [0.3, 0.4) is 0 Å². The van der Waals surface area contributed by atoms with E-state index in [0.717, 1.165) is 31.6 Å². The fourth-order valence-electron chi connectivity index (χ4n) is 2.91. The number of carbonyl (C=O) groups excluding carboxylic acids is 2. The summed E-state index contributed by atoms with van der Waals surface area (Å²) < 4.78 is 5.35. The molecule has 1 fully saturated rings. The van der Waals surface area contributed by atoms with Crippen molar-refractivity contribution < 1.29 is 18.8 Å². The fraction of sp³-hybridized carbons (Fsp3) is 0.556. The Bertz CT molecular complexity index is 570. The van der Waals surface area contributed by atoms with Crippen molar-refractivity contribution in [1.82, 2.24) is 5.32 Å². The van der Waals surface area contributed by atoms with Gasteiger partial charge in [0, 0.05) is 24.8 Å². The van der Waals surface area contributed by atoms with Crippen LogP contribution < -0.4 is 10.2 Å². The highest BCUT2D eigenvalue weighted by Crippen LogP contribution is 2.21. The Labute approximate surface area is 144 Å². The van der Waals surface area contributed by atoms with E-state index in [-0.39, 0.29) is 17.9 Å². The summed E-state index contributed by atoms with van der Waals surface area (Å²) in [7, 11) is 7.42. The number of anilines is 1. The molecule has 1 amide bonds. The lowest BCUT2D eigenvalue weighted by molar-refractivity contribution is -0.862. The van der Waals surface area contributed by atoms with Gasteiger partial charge in [0.1, 0.15) is 0 Å². The first-order chi connectivity index (χ1) is 11.3. The van der Waals surface area contributed by atoms with Crippen LogP contribution in [0.4, 0.5) is 5.69 Å². The topological polar surface area (TPSA) is 58.6 Å². The number of esters is 1. The van der Waals surface area contributed by atoms with E-state index in [2.05, 4.69) is 10.2 Å². The zero-order valence-corrected chi connectivity index (χ0v) is 15.0. The highest BCUT2D eigenvalue weighted by Gasteiger charge is 2.23. The molecule has 0 aromatic heterocycles. The van der Waals surface area contributed by atoms with Gasteiger partial charge in [0.05, 0.1) is 33.8 Å². The van der Waals surface area contributed by atoms with Crippen LogP contribution in [0, 0.1) is 0 Å². The second-order valence-electron chi connectivity index (χ2n) is 7.32. The van der Waals surface area contributed by atoms with Crippen LogP contribution >= 0.6 is 0 Å². The lowest BCUT2D eigenvalue weighted by Gasteiger charge is -2.34. The number of nitrogens with zero attached hydrogens (tertiary/aromatic N) is 2. The molecule has 0 radical (unpaired) electrons. The highest BCUT2D eigenvalue weighted by molar-refractivity contribution is 5.89. The predicted octanol–water partition coefficient (Wildman–Crippen LogP) is 1.26. The van der Waals surface area contributed by atoms with Crippen molar-refractivity contribution in [3.63, 3.8) is 0 Å². The van der Waals surface area contributed by atoms with E-state index < -0.39 is 0 Å². The van der Waals surface area contributed by atoms with Gasteiger partial charge >= 0.3 is 5.97 Å². The van der Waals surface area contributed by atoms with Crippen molar-refractivity contribution in [2.24, 2.45) is 0 Å². The maximum Gasteiger partial charge on any atom is 0.337 e. The number of carbonyl (C=O) groups is 2. The first-order valence-corrected chi connectivity index (χ1v) is 8.31. The Morgan fingerprint density at radius 2 is 1.75 bits per heavy atom. The number of rotatable bonds is 5. The number of quaternary nitrogens is 1. The molecule has 1 heterocycles. The molecule has 0 aliphatic carbocycles. The summed E-state index contributed by atoms with van der Waals surface area (Å²) in [6, 6.07) is 7.71. The average molecular weight is 334 g/mol. The maximum atomic E-state index is 12.0. The molecule has 6 nitrogen and oxygen atoms in total. The second kappa shape index (κ2) is 7.66. The molecule has 1 aromatic carbocycles. The number of methoxy groups -OCH3 is 1. The minimum Gasteiger partial charge on any atom is -0.465 e. The number of hydrogen-bond acceptors (Lipinski definition) is 4. The fourth-order valence-corrected chi connectivity index (χ4v) is 2.91. The molecule has 0 unspecified atom stereocenters. The molecule has 0 spiro atoms. The number of piperidine rings is 1. The smallest absolute Gasteiger partial charge is 0.337 e.